The van der Waals surface area contributed by atoms with Gasteiger partial charge in [-0.15, -0.1) is 0 Å². The molecule has 1 atom stereocenters. The van der Waals surface area contributed by atoms with Crippen LogP contribution in [-0.4, -0.2) is 14.9 Å². The van der Waals surface area contributed by atoms with Crippen molar-refractivity contribution in [1.82, 2.24) is 9.78 Å². The lowest BCUT2D eigenvalue weighted by Gasteiger charge is -2.14. The van der Waals surface area contributed by atoms with Crippen LogP contribution < -0.4 is 0 Å². The smallest absolute Gasteiger partial charge is 0.145 e. The van der Waals surface area contributed by atoms with Gasteiger partial charge in [-0.2, -0.15) is 5.10 Å². The van der Waals surface area contributed by atoms with Crippen LogP contribution in [0.5, 0.6) is 0 Å². The van der Waals surface area contributed by atoms with E-state index < -0.39 is 11.9 Å². The Kier molecular flexibility index (Phi) is 4.91. The van der Waals surface area contributed by atoms with Gasteiger partial charge in [0.2, 0.25) is 0 Å². The number of aryl methyl sites for hydroxylation is 1. The van der Waals surface area contributed by atoms with E-state index in [1.54, 1.807) is 19.2 Å². The first-order valence-corrected chi connectivity index (χ1v) is 7.41. The van der Waals surface area contributed by atoms with Gasteiger partial charge >= 0.3 is 0 Å². The summed E-state index contributed by atoms with van der Waals surface area (Å²) in [6.07, 6.45) is -0.839. The van der Waals surface area contributed by atoms with Gasteiger partial charge in [-0.05, 0) is 17.5 Å². The third-order valence-corrected chi connectivity index (χ3v) is 4.11. The molecule has 0 aliphatic heterocycles. The summed E-state index contributed by atoms with van der Waals surface area (Å²) in [7, 11) is 1.71. The van der Waals surface area contributed by atoms with Crippen LogP contribution in [0, 0.1) is 5.82 Å². The largest absolute Gasteiger partial charge is 0.388 e. The summed E-state index contributed by atoms with van der Waals surface area (Å²) in [4.78, 5) is 0. The van der Waals surface area contributed by atoms with Gasteiger partial charge in [0.1, 0.15) is 11.0 Å². The van der Waals surface area contributed by atoms with E-state index in [-0.39, 0.29) is 17.4 Å². The highest BCUT2D eigenvalue weighted by atomic mass is 35.5. The number of hydrogen-bond acceptors (Lipinski definition) is 2. The van der Waals surface area contributed by atoms with Crippen LogP contribution in [0.1, 0.15) is 42.7 Å². The molecule has 0 aliphatic carbocycles. The first kappa shape index (κ1) is 16.3. The normalized spacial score (nSPS) is 13.0. The van der Waals surface area contributed by atoms with Crippen molar-refractivity contribution in [2.75, 3.05) is 0 Å². The maximum Gasteiger partial charge on any atom is 0.145 e. The minimum atomic E-state index is -0.934. The van der Waals surface area contributed by atoms with Crippen LogP contribution in [0.25, 0.3) is 0 Å². The molecule has 0 spiro atoms. The lowest BCUT2D eigenvalue weighted by molar-refractivity contribution is 0.176. The van der Waals surface area contributed by atoms with Crippen molar-refractivity contribution in [3.8, 4) is 0 Å². The highest BCUT2D eigenvalue weighted by molar-refractivity contribution is 6.31. The molecule has 114 valence electrons. The van der Waals surface area contributed by atoms with Gasteiger partial charge < -0.3 is 5.11 Å². The van der Waals surface area contributed by atoms with Gasteiger partial charge in [-0.25, -0.2) is 4.39 Å². The standard InChI is InChI=1S/C15H17Cl2FN2O/c1-8(2)14-12(15(17)20(3)19-14)11(21)7-9-5-4-6-10(16)13(9)18/h4-6,8,11,21H,7H2,1-3H3. The van der Waals surface area contributed by atoms with Gasteiger partial charge in [-0.3, -0.25) is 4.68 Å². The molecule has 6 heteroatoms. The van der Waals surface area contributed by atoms with Crippen molar-refractivity contribution in [1.29, 1.82) is 0 Å². The quantitative estimate of drug-likeness (QED) is 0.909. The van der Waals surface area contributed by atoms with Crippen molar-refractivity contribution < 1.29 is 9.50 Å². The van der Waals surface area contributed by atoms with Crippen LogP contribution in [0.3, 0.4) is 0 Å². The highest BCUT2D eigenvalue weighted by Crippen LogP contribution is 2.33. The van der Waals surface area contributed by atoms with Crippen LogP contribution in [0.15, 0.2) is 18.2 Å². The molecule has 0 fully saturated rings. The molecule has 1 aromatic carbocycles. The lowest BCUT2D eigenvalue weighted by Crippen LogP contribution is -2.07. The van der Waals surface area contributed by atoms with Gasteiger partial charge in [0.15, 0.2) is 0 Å². The van der Waals surface area contributed by atoms with E-state index >= 15 is 0 Å². The SMILES string of the molecule is CC(C)c1nn(C)c(Cl)c1C(O)Cc1cccc(Cl)c1F. The predicted molar refractivity (Wildman–Crippen MR) is 82.4 cm³/mol. The fraction of sp³-hybridized carbons (Fsp3) is 0.400. The van der Waals surface area contributed by atoms with Crippen molar-refractivity contribution in [3.63, 3.8) is 0 Å². The van der Waals surface area contributed by atoms with E-state index in [4.69, 9.17) is 23.2 Å². The van der Waals surface area contributed by atoms with E-state index in [1.807, 2.05) is 13.8 Å². The van der Waals surface area contributed by atoms with Crippen LogP contribution in [-0.2, 0) is 13.5 Å². The second kappa shape index (κ2) is 6.34. The maximum absolute atomic E-state index is 13.9. The van der Waals surface area contributed by atoms with Crippen LogP contribution >= 0.6 is 23.2 Å². The maximum atomic E-state index is 13.9. The number of aliphatic hydroxyl groups excluding tert-OH is 1. The molecule has 2 rings (SSSR count). The minimum absolute atomic E-state index is 0.0427. The summed E-state index contributed by atoms with van der Waals surface area (Å²) >= 11 is 12.0. The number of aromatic nitrogens is 2. The highest BCUT2D eigenvalue weighted by Gasteiger charge is 2.24. The molecule has 1 heterocycles. The average molecular weight is 331 g/mol. The van der Waals surface area contributed by atoms with Crippen molar-refractivity contribution in [2.45, 2.75) is 32.3 Å². The van der Waals surface area contributed by atoms with E-state index in [2.05, 4.69) is 5.10 Å². The molecule has 0 radical (unpaired) electrons. The summed E-state index contributed by atoms with van der Waals surface area (Å²) in [6, 6.07) is 4.73. The molecule has 0 aliphatic rings. The molecule has 1 unspecified atom stereocenters. The third kappa shape index (κ3) is 3.23. The minimum Gasteiger partial charge on any atom is -0.388 e. The Morgan fingerprint density at radius 1 is 1.33 bits per heavy atom. The Hall–Kier alpha value is -1.10. The first-order chi connectivity index (χ1) is 9.82. The number of benzene rings is 1. The molecular weight excluding hydrogens is 314 g/mol. The van der Waals surface area contributed by atoms with E-state index in [1.165, 1.54) is 10.7 Å². The molecule has 0 saturated carbocycles. The van der Waals surface area contributed by atoms with Gasteiger partial charge in [0.05, 0.1) is 16.8 Å². The third-order valence-electron chi connectivity index (χ3n) is 3.36. The average Bonchev–Trinajstić information content (AvgIpc) is 2.72. The Labute approximate surface area is 133 Å². The zero-order valence-corrected chi connectivity index (χ0v) is 13.6. The molecule has 21 heavy (non-hydrogen) atoms. The fourth-order valence-corrected chi connectivity index (χ4v) is 2.75. The summed E-state index contributed by atoms with van der Waals surface area (Å²) in [6.45, 7) is 3.93. The van der Waals surface area contributed by atoms with Crippen molar-refractivity contribution in [3.05, 3.63) is 51.0 Å². The number of halogens is 3. The number of rotatable bonds is 4. The lowest BCUT2D eigenvalue weighted by atomic mass is 9.97. The van der Waals surface area contributed by atoms with E-state index in [0.29, 0.717) is 16.3 Å². The predicted octanol–water partition coefficient (Wildman–Crippen LogP) is 4.27. The zero-order chi connectivity index (χ0) is 15.7. The molecule has 1 aromatic heterocycles. The number of aliphatic hydroxyl groups is 1. The second-order valence-electron chi connectivity index (χ2n) is 5.30. The Morgan fingerprint density at radius 3 is 2.62 bits per heavy atom. The summed E-state index contributed by atoms with van der Waals surface area (Å²) in [5.74, 6) is -0.401. The molecule has 1 N–H and O–H groups in total. The van der Waals surface area contributed by atoms with E-state index in [9.17, 15) is 9.50 Å². The van der Waals surface area contributed by atoms with Gasteiger partial charge in [-0.1, -0.05) is 49.2 Å². The fourth-order valence-electron chi connectivity index (χ4n) is 2.29. The Morgan fingerprint density at radius 2 is 2.00 bits per heavy atom. The van der Waals surface area contributed by atoms with Gasteiger partial charge in [0.25, 0.3) is 0 Å². The van der Waals surface area contributed by atoms with Gasteiger partial charge in [0, 0.05) is 19.0 Å². The monoisotopic (exact) mass is 330 g/mol. The molecule has 0 saturated heterocycles. The Bertz CT molecular complexity index is 655. The number of nitrogens with zero attached hydrogens (tertiary/aromatic N) is 2. The number of hydrogen-bond donors (Lipinski definition) is 1. The van der Waals surface area contributed by atoms with E-state index in [0.717, 1.165) is 5.69 Å². The Balaban J connectivity index is 2.37. The summed E-state index contributed by atoms with van der Waals surface area (Å²) in [5.41, 5.74) is 1.62. The van der Waals surface area contributed by atoms with Crippen molar-refractivity contribution >= 4 is 23.2 Å². The zero-order valence-electron chi connectivity index (χ0n) is 12.1. The summed E-state index contributed by atoms with van der Waals surface area (Å²) in [5, 5.41) is 15.2. The molecular formula is C15H17Cl2FN2O. The van der Waals surface area contributed by atoms with Crippen LogP contribution in [0.2, 0.25) is 10.2 Å². The molecule has 2 aromatic rings. The second-order valence-corrected chi connectivity index (χ2v) is 6.07. The van der Waals surface area contributed by atoms with Crippen LogP contribution in [0.4, 0.5) is 4.39 Å². The first-order valence-electron chi connectivity index (χ1n) is 6.66. The molecule has 0 amide bonds. The summed E-state index contributed by atoms with van der Waals surface area (Å²) < 4.78 is 15.5. The topological polar surface area (TPSA) is 38.0 Å². The van der Waals surface area contributed by atoms with Crippen molar-refractivity contribution in [2.24, 2.45) is 7.05 Å². The molecule has 0 bridgehead atoms. The molecule has 3 nitrogen and oxygen atoms in total.